The van der Waals surface area contributed by atoms with E-state index in [0.29, 0.717) is 5.95 Å². The van der Waals surface area contributed by atoms with E-state index in [9.17, 15) is 4.79 Å². The van der Waals surface area contributed by atoms with Crippen molar-refractivity contribution in [1.29, 1.82) is 0 Å². The van der Waals surface area contributed by atoms with E-state index in [4.69, 9.17) is 10.2 Å². The number of anilines is 1. The molecular formula is C22H36N4O2Si. The van der Waals surface area contributed by atoms with Crippen LogP contribution in [0.15, 0.2) is 18.2 Å². The van der Waals surface area contributed by atoms with Crippen molar-refractivity contribution in [2.75, 3.05) is 25.9 Å². The zero-order valence-electron chi connectivity index (χ0n) is 19.0. The summed E-state index contributed by atoms with van der Waals surface area (Å²) in [5.74, 6) is 0.691. The molecule has 2 N–H and O–H groups in total. The smallest absolute Gasteiger partial charge is 0.232 e. The number of likely N-dealkylation sites (N-methyl/N-ethyl adjacent to an activating group) is 1. The van der Waals surface area contributed by atoms with Crippen molar-refractivity contribution < 1.29 is 9.22 Å². The molecule has 1 atom stereocenters. The molecule has 1 aliphatic heterocycles. The maximum atomic E-state index is 12.6. The first-order chi connectivity index (χ1) is 13.4. The molecule has 29 heavy (non-hydrogen) atoms. The number of amides is 1. The number of nitrogens with zero attached hydrogens (tertiary/aromatic N) is 3. The van der Waals surface area contributed by atoms with E-state index in [1.807, 2.05) is 20.0 Å². The van der Waals surface area contributed by atoms with Gasteiger partial charge < -0.3 is 19.6 Å². The third kappa shape index (κ3) is 3.94. The molecule has 1 amide bonds. The van der Waals surface area contributed by atoms with Crippen molar-refractivity contribution in [3.63, 3.8) is 0 Å². The number of aromatic nitrogens is 2. The Labute approximate surface area is 175 Å². The Bertz CT molecular complexity index is 915. The van der Waals surface area contributed by atoms with Gasteiger partial charge in [0.15, 0.2) is 8.32 Å². The summed E-state index contributed by atoms with van der Waals surface area (Å²) >= 11 is 0. The molecule has 1 aromatic carbocycles. The van der Waals surface area contributed by atoms with Crippen LogP contribution in [0.4, 0.5) is 5.95 Å². The number of nitrogens with two attached hydrogens (primary N) is 1. The molecule has 1 unspecified atom stereocenters. The number of hydrogen-bond donors (Lipinski definition) is 1. The van der Waals surface area contributed by atoms with Crippen LogP contribution in [-0.2, 0) is 21.2 Å². The van der Waals surface area contributed by atoms with Gasteiger partial charge in [0.2, 0.25) is 11.9 Å². The summed E-state index contributed by atoms with van der Waals surface area (Å²) in [4.78, 5) is 19.0. The molecule has 1 aliphatic rings. The highest BCUT2D eigenvalue weighted by atomic mass is 28.4. The van der Waals surface area contributed by atoms with Gasteiger partial charge in [0.05, 0.1) is 16.4 Å². The first-order valence-corrected chi connectivity index (χ1v) is 13.4. The van der Waals surface area contributed by atoms with Gasteiger partial charge in [0, 0.05) is 26.7 Å². The summed E-state index contributed by atoms with van der Waals surface area (Å²) in [5, 5.41) is 0.214. The first kappa shape index (κ1) is 21.8. The Kier molecular flexibility index (Phi) is 5.60. The summed E-state index contributed by atoms with van der Waals surface area (Å²) in [6.45, 7) is 15.6. The first-order valence-electron chi connectivity index (χ1n) is 10.5. The molecule has 0 aliphatic carbocycles. The number of carbonyl (C=O) groups is 1. The number of rotatable bonds is 6. The quantitative estimate of drug-likeness (QED) is 0.567. The Morgan fingerprint density at radius 3 is 2.59 bits per heavy atom. The molecule has 3 rings (SSSR count). The highest BCUT2D eigenvalue weighted by Gasteiger charge is 2.42. The average molecular weight is 417 g/mol. The Morgan fingerprint density at radius 1 is 1.31 bits per heavy atom. The molecule has 6 nitrogen and oxygen atoms in total. The summed E-state index contributed by atoms with van der Waals surface area (Å²) in [7, 11) is 0.136. The zero-order chi connectivity index (χ0) is 21.6. The molecular weight excluding hydrogens is 380 g/mol. The number of nitrogen functional groups attached to an aromatic ring is 1. The van der Waals surface area contributed by atoms with Crippen LogP contribution in [0.1, 0.15) is 46.1 Å². The minimum atomic E-state index is -1.73. The summed E-state index contributed by atoms with van der Waals surface area (Å²) in [6, 6.07) is 6.15. The fourth-order valence-corrected chi connectivity index (χ4v) is 4.87. The third-order valence-electron chi connectivity index (χ3n) is 6.98. The summed E-state index contributed by atoms with van der Waals surface area (Å²) in [6.07, 6.45) is 1.72. The van der Waals surface area contributed by atoms with Gasteiger partial charge in [-0.1, -0.05) is 26.8 Å². The van der Waals surface area contributed by atoms with Gasteiger partial charge in [0.25, 0.3) is 0 Å². The SMILES string of the molecule is CN1CCC(C)(c2ccc3c(c2)nc(N)n3CCCO[Si](C)(C)C(C)(C)C)C1=O. The number of hydrogen-bond acceptors (Lipinski definition) is 4. The fourth-order valence-electron chi connectivity index (χ4n) is 3.78. The van der Waals surface area contributed by atoms with Gasteiger partial charge in [0.1, 0.15) is 0 Å². The highest BCUT2D eigenvalue weighted by Crippen LogP contribution is 2.37. The van der Waals surface area contributed by atoms with Crippen molar-refractivity contribution in [1.82, 2.24) is 14.5 Å². The lowest BCUT2D eigenvalue weighted by molar-refractivity contribution is -0.130. The van der Waals surface area contributed by atoms with Crippen LogP contribution in [0, 0.1) is 0 Å². The zero-order valence-corrected chi connectivity index (χ0v) is 20.0. The second kappa shape index (κ2) is 7.43. The lowest BCUT2D eigenvalue weighted by atomic mass is 9.81. The molecule has 0 radical (unpaired) electrons. The molecule has 1 saturated heterocycles. The summed E-state index contributed by atoms with van der Waals surface area (Å²) < 4.78 is 8.34. The van der Waals surface area contributed by atoms with Crippen molar-refractivity contribution in [2.24, 2.45) is 0 Å². The molecule has 1 fully saturated rings. The van der Waals surface area contributed by atoms with Crippen LogP contribution in [-0.4, -0.2) is 48.9 Å². The van der Waals surface area contributed by atoms with Gasteiger partial charge in [-0.25, -0.2) is 4.98 Å². The van der Waals surface area contributed by atoms with Gasteiger partial charge in [-0.3, -0.25) is 4.79 Å². The van der Waals surface area contributed by atoms with Crippen LogP contribution in [0.5, 0.6) is 0 Å². The molecule has 1 aromatic heterocycles. The van der Waals surface area contributed by atoms with Crippen LogP contribution >= 0.6 is 0 Å². The van der Waals surface area contributed by atoms with E-state index >= 15 is 0 Å². The van der Waals surface area contributed by atoms with Crippen molar-refractivity contribution >= 4 is 31.2 Å². The van der Waals surface area contributed by atoms with Gasteiger partial charge >= 0.3 is 0 Å². The van der Waals surface area contributed by atoms with Crippen LogP contribution in [0.2, 0.25) is 18.1 Å². The van der Waals surface area contributed by atoms with E-state index in [1.165, 1.54) is 0 Å². The number of fused-ring (bicyclic) bond motifs is 1. The Morgan fingerprint density at radius 2 is 2.00 bits per heavy atom. The second-order valence-corrected chi connectivity index (χ2v) is 14.9. The van der Waals surface area contributed by atoms with Crippen LogP contribution < -0.4 is 5.73 Å². The predicted octanol–water partition coefficient (Wildman–Crippen LogP) is 4.15. The van der Waals surface area contributed by atoms with Crippen LogP contribution in [0.3, 0.4) is 0 Å². The number of carbonyl (C=O) groups excluding carboxylic acids is 1. The average Bonchev–Trinajstić information content (AvgIpc) is 3.08. The fraction of sp³-hybridized carbons (Fsp3) is 0.636. The van der Waals surface area contributed by atoms with Crippen molar-refractivity contribution in [3.8, 4) is 0 Å². The van der Waals surface area contributed by atoms with Crippen molar-refractivity contribution in [3.05, 3.63) is 23.8 Å². The minimum absolute atomic E-state index is 0.173. The highest BCUT2D eigenvalue weighted by molar-refractivity contribution is 6.74. The Hall–Kier alpha value is -1.86. The van der Waals surface area contributed by atoms with E-state index in [0.717, 1.165) is 49.1 Å². The lowest BCUT2D eigenvalue weighted by Crippen LogP contribution is -2.41. The van der Waals surface area contributed by atoms with Crippen molar-refractivity contribution in [2.45, 2.75) is 70.6 Å². The Balaban J connectivity index is 1.74. The maximum absolute atomic E-state index is 12.6. The lowest BCUT2D eigenvalue weighted by Gasteiger charge is -2.36. The standard InChI is InChI=1S/C22H36N4O2Si/c1-21(2,3)29(6,7)28-14-8-12-26-18-10-9-16(15-17(18)24-20(26)23)22(4)11-13-25(5)19(22)27/h9-10,15H,8,11-14H2,1-7H3,(H2,23,24). The minimum Gasteiger partial charge on any atom is -0.417 e. The molecule has 7 heteroatoms. The van der Waals surface area contributed by atoms with E-state index in [2.05, 4.69) is 55.5 Å². The van der Waals surface area contributed by atoms with E-state index in [1.54, 1.807) is 4.90 Å². The normalized spacial score (nSPS) is 20.8. The number of benzene rings is 1. The monoisotopic (exact) mass is 416 g/mol. The number of imidazole rings is 1. The van der Waals surface area contributed by atoms with Gasteiger partial charge in [-0.05, 0) is 55.6 Å². The maximum Gasteiger partial charge on any atom is 0.232 e. The van der Waals surface area contributed by atoms with Crippen LogP contribution in [0.25, 0.3) is 11.0 Å². The summed E-state index contributed by atoms with van der Waals surface area (Å²) in [5.41, 5.74) is 8.64. The molecule has 2 heterocycles. The van der Waals surface area contributed by atoms with E-state index < -0.39 is 13.7 Å². The second-order valence-electron chi connectivity index (χ2n) is 10.1. The molecule has 0 saturated carbocycles. The molecule has 160 valence electrons. The number of aryl methyl sites for hydroxylation is 1. The third-order valence-corrected chi connectivity index (χ3v) is 11.5. The topological polar surface area (TPSA) is 73.4 Å². The van der Waals surface area contributed by atoms with Gasteiger partial charge in [-0.15, -0.1) is 0 Å². The predicted molar refractivity (Wildman–Crippen MR) is 122 cm³/mol. The van der Waals surface area contributed by atoms with Gasteiger partial charge in [-0.2, -0.15) is 0 Å². The molecule has 2 aromatic rings. The number of likely N-dealkylation sites (tertiary alicyclic amines) is 1. The molecule has 0 bridgehead atoms. The largest absolute Gasteiger partial charge is 0.417 e. The molecule has 0 spiro atoms. The van der Waals surface area contributed by atoms with E-state index in [-0.39, 0.29) is 10.9 Å².